The molecule has 8 heteroatoms. The van der Waals surface area contributed by atoms with Crippen molar-refractivity contribution in [2.75, 3.05) is 5.32 Å². The summed E-state index contributed by atoms with van der Waals surface area (Å²) in [6.45, 7) is 1.95. The summed E-state index contributed by atoms with van der Waals surface area (Å²) < 4.78 is 6.59. The van der Waals surface area contributed by atoms with E-state index in [-0.39, 0.29) is 17.9 Å². The molecule has 0 heterocycles. The first kappa shape index (κ1) is 22.7. The maximum absolute atomic E-state index is 12.7. The first-order chi connectivity index (χ1) is 15.4. The van der Waals surface area contributed by atoms with Crippen LogP contribution in [-0.4, -0.2) is 10.8 Å². The van der Waals surface area contributed by atoms with Gasteiger partial charge in [-0.2, -0.15) is 5.26 Å². The SMILES string of the molecule is Cc1ccccc1NC(=O)/C(C#N)=C/c1cc(Br)ccc1OCc1cccc([N+](=O)[O-])c1. The number of non-ortho nitro benzene ring substituents is 1. The van der Waals surface area contributed by atoms with Crippen molar-refractivity contribution in [1.29, 1.82) is 5.26 Å². The number of rotatable bonds is 7. The van der Waals surface area contributed by atoms with Crippen molar-refractivity contribution >= 4 is 39.3 Å². The van der Waals surface area contributed by atoms with Crippen LogP contribution < -0.4 is 10.1 Å². The zero-order valence-electron chi connectivity index (χ0n) is 17.0. The Bertz CT molecular complexity index is 1250. The van der Waals surface area contributed by atoms with Gasteiger partial charge < -0.3 is 10.1 Å². The van der Waals surface area contributed by atoms with Gasteiger partial charge in [0.25, 0.3) is 11.6 Å². The van der Waals surface area contributed by atoms with E-state index in [0.717, 1.165) is 10.0 Å². The number of carbonyl (C=O) groups excluding carboxylic acids is 1. The highest BCUT2D eigenvalue weighted by molar-refractivity contribution is 9.10. The largest absolute Gasteiger partial charge is 0.488 e. The molecular formula is C24H18BrN3O4. The minimum Gasteiger partial charge on any atom is -0.488 e. The van der Waals surface area contributed by atoms with Crippen LogP contribution in [0.4, 0.5) is 11.4 Å². The lowest BCUT2D eigenvalue weighted by Gasteiger charge is -2.11. The number of ether oxygens (including phenoxy) is 1. The standard InChI is InChI=1S/C24H18BrN3O4/c1-16-5-2-3-8-22(16)27-24(29)19(14-26)12-18-13-20(25)9-10-23(18)32-15-17-6-4-7-21(11-17)28(30)31/h2-13H,15H2,1H3,(H,27,29)/b19-12+. The van der Waals surface area contributed by atoms with Crippen molar-refractivity contribution in [2.45, 2.75) is 13.5 Å². The topological polar surface area (TPSA) is 105 Å². The van der Waals surface area contributed by atoms with Crippen molar-refractivity contribution in [3.63, 3.8) is 0 Å². The Balaban J connectivity index is 1.84. The third-order valence-corrected chi connectivity index (χ3v) is 5.04. The van der Waals surface area contributed by atoms with E-state index in [1.807, 2.05) is 25.1 Å². The molecule has 1 amide bonds. The number of hydrogen-bond acceptors (Lipinski definition) is 5. The number of carbonyl (C=O) groups is 1. The maximum atomic E-state index is 12.7. The van der Waals surface area contributed by atoms with Crippen LogP contribution >= 0.6 is 15.9 Å². The molecule has 1 N–H and O–H groups in total. The molecule has 0 aliphatic carbocycles. The molecule has 0 bridgehead atoms. The second-order valence-electron chi connectivity index (χ2n) is 6.84. The molecular weight excluding hydrogens is 474 g/mol. The van der Waals surface area contributed by atoms with Gasteiger partial charge in [-0.1, -0.05) is 46.3 Å². The van der Waals surface area contributed by atoms with E-state index in [0.29, 0.717) is 22.6 Å². The first-order valence-electron chi connectivity index (χ1n) is 9.52. The van der Waals surface area contributed by atoms with E-state index in [9.17, 15) is 20.2 Å². The minimum atomic E-state index is -0.536. The summed E-state index contributed by atoms with van der Waals surface area (Å²) in [5.41, 5.74) is 2.51. The zero-order chi connectivity index (χ0) is 23.1. The van der Waals surface area contributed by atoms with E-state index < -0.39 is 10.8 Å². The lowest BCUT2D eigenvalue weighted by atomic mass is 10.1. The molecule has 0 aromatic heterocycles. The highest BCUT2D eigenvalue weighted by atomic mass is 79.9. The monoisotopic (exact) mass is 491 g/mol. The molecule has 3 aromatic rings. The highest BCUT2D eigenvalue weighted by Gasteiger charge is 2.13. The number of nitro groups is 1. The summed E-state index contributed by atoms with van der Waals surface area (Å²) in [4.78, 5) is 23.2. The average molecular weight is 492 g/mol. The van der Waals surface area contributed by atoms with Crippen LogP contribution in [0.3, 0.4) is 0 Å². The number of hydrogen-bond donors (Lipinski definition) is 1. The molecule has 0 unspecified atom stereocenters. The molecule has 0 aliphatic rings. The number of nitrogens with one attached hydrogen (secondary N) is 1. The molecule has 3 rings (SSSR count). The number of halogens is 1. The molecule has 0 fully saturated rings. The molecule has 0 radical (unpaired) electrons. The Morgan fingerprint density at radius 3 is 2.69 bits per heavy atom. The van der Waals surface area contributed by atoms with Gasteiger partial charge in [-0.3, -0.25) is 14.9 Å². The van der Waals surface area contributed by atoms with Crippen molar-refractivity contribution < 1.29 is 14.5 Å². The fourth-order valence-corrected chi connectivity index (χ4v) is 3.27. The zero-order valence-corrected chi connectivity index (χ0v) is 18.6. The van der Waals surface area contributed by atoms with Crippen LogP contribution in [0.2, 0.25) is 0 Å². The molecule has 32 heavy (non-hydrogen) atoms. The molecule has 0 saturated heterocycles. The molecule has 0 atom stereocenters. The molecule has 0 saturated carbocycles. The Hall–Kier alpha value is -3.96. The lowest BCUT2D eigenvalue weighted by Crippen LogP contribution is -2.14. The summed E-state index contributed by atoms with van der Waals surface area (Å²) in [5, 5.41) is 23.3. The second kappa shape index (κ2) is 10.4. The summed E-state index contributed by atoms with van der Waals surface area (Å²) in [6.07, 6.45) is 1.45. The molecule has 7 nitrogen and oxygen atoms in total. The van der Waals surface area contributed by atoms with E-state index in [4.69, 9.17) is 4.74 Å². The van der Waals surface area contributed by atoms with Crippen molar-refractivity contribution in [2.24, 2.45) is 0 Å². The Morgan fingerprint density at radius 1 is 1.19 bits per heavy atom. The lowest BCUT2D eigenvalue weighted by molar-refractivity contribution is -0.384. The van der Waals surface area contributed by atoms with Gasteiger partial charge in [-0.15, -0.1) is 0 Å². The fourth-order valence-electron chi connectivity index (χ4n) is 2.89. The van der Waals surface area contributed by atoms with Crippen LogP contribution in [0.25, 0.3) is 6.08 Å². The highest BCUT2D eigenvalue weighted by Crippen LogP contribution is 2.27. The molecule has 160 valence electrons. The van der Waals surface area contributed by atoms with Gasteiger partial charge in [-0.25, -0.2) is 0 Å². The van der Waals surface area contributed by atoms with Crippen molar-refractivity contribution in [3.05, 3.63) is 104 Å². The fraction of sp³-hybridized carbons (Fsp3) is 0.0833. The Kier molecular flexibility index (Phi) is 7.37. The molecule has 3 aromatic carbocycles. The van der Waals surface area contributed by atoms with Gasteiger partial charge in [0.1, 0.15) is 24.0 Å². The third kappa shape index (κ3) is 5.80. The maximum Gasteiger partial charge on any atom is 0.269 e. The summed E-state index contributed by atoms with van der Waals surface area (Å²) in [5.74, 6) is -0.109. The number of amides is 1. The van der Waals surface area contributed by atoms with E-state index in [1.54, 1.807) is 42.5 Å². The second-order valence-corrected chi connectivity index (χ2v) is 7.75. The summed E-state index contributed by atoms with van der Waals surface area (Å²) in [6, 6.07) is 20.5. The number of nitrogens with zero attached hydrogens (tertiary/aromatic N) is 2. The predicted octanol–water partition coefficient (Wildman–Crippen LogP) is 5.79. The van der Waals surface area contributed by atoms with Gasteiger partial charge in [0.2, 0.25) is 0 Å². The van der Waals surface area contributed by atoms with E-state index in [2.05, 4.69) is 21.2 Å². The van der Waals surface area contributed by atoms with Gasteiger partial charge in [0, 0.05) is 27.9 Å². The quantitative estimate of drug-likeness (QED) is 0.195. The van der Waals surface area contributed by atoms with Gasteiger partial charge >= 0.3 is 0 Å². The van der Waals surface area contributed by atoms with E-state index in [1.165, 1.54) is 18.2 Å². The predicted molar refractivity (Wildman–Crippen MR) is 125 cm³/mol. The number of aryl methyl sites for hydroxylation is 1. The third-order valence-electron chi connectivity index (χ3n) is 4.55. The van der Waals surface area contributed by atoms with Gasteiger partial charge in [-0.05, 0) is 48.4 Å². The average Bonchev–Trinajstić information content (AvgIpc) is 2.78. The number of nitro benzene ring substituents is 1. The van der Waals surface area contributed by atoms with Crippen LogP contribution in [0.5, 0.6) is 5.75 Å². The van der Waals surface area contributed by atoms with Gasteiger partial charge in [0.15, 0.2) is 0 Å². The smallest absolute Gasteiger partial charge is 0.269 e. The van der Waals surface area contributed by atoms with E-state index >= 15 is 0 Å². The minimum absolute atomic E-state index is 0.0262. The van der Waals surface area contributed by atoms with Crippen molar-refractivity contribution in [3.8, 4) is 11.8 Å². The molecule has 0 spiro atoms. The van der Waals surface area contributed by atoms with Gasteiger partial charge in [0.05, 0.1) is 4.92 Å². The normalized spacial score (nSPS) is 10.8. The number of para-hydroxylation sites is 1. The summed E-state index contributed by atoms with van der Waals surface area (Å²) in [7, 11) is 0. The van der Waals surface area contributed by atoms with Crippen LogP contribution in [0.1, 0.15) is 16.7 Å². The van der Waals surface area contributed by atoms with Crippen molar-refractivity contribution in [1.82, 2.24) is 0 Å². The van der Waals surface area contributed by atoms with Crippen LogP contribution in [-0.2, 0) is 11.4 Å². The molecule has 0 aliphatic heterocycles. The Labute approximate surface area is 193 Å². The number of nitriles is 1. The Morgan fingerprint density at radius 2 is 1.97 bits per heavy atom. The van der Waals surface area contributed by atoms with Crippen LogP contribution in [0, 0.1) is 28.4 Å². The van der Waals surface area contributed by atoms with Crippen LogP contribution in [0.15, 0.2) is 76.8 Å². The first-order valence-corrected chi connectivity index (χ1v) is 10.3. The number of anilines is 1. The summed E-state index contributed by atoms with van der Waals surface area (Å²) >= 11 is 3.39. The number of benzene rings is 3.